The topological polar surface area (TPSA) is 117 Å². The molecular formula is C30H26F3N3O7S. The number of ether oxygens (including phenoxy) is 2. The molecule has 14 heteroatoms. The van der Waals surface area contributed by atoms with E-state index in [1.54, 1.807) is 26.0 Å². The smallest absolute Gasteiger partial charge is 0.461 e. The van der Waals surface area contributed by atoms with E-state index in [9.17, 15) is 36.0 Å². The summed E-state index contributed by atoms with van der Waals surface area (Å²) in [5.41, 5.74) is -0.601. The van der Waals surface area contributed by atoms with Crippen molar-refractivity contribution in [3.63, 3.8) is 0 Å². The average molecular weight is 630 g/mol. The number of aromatic nitrogens is 2. The summed E-state index contributed by atoms with van der Waals surface area (Å²) in [6.07, 6.45) is -3.19. The van der Waals surface area contributed by atoms with E-state index < -0.39 is 45.0 Å². The molecule has 1 spiro atoms. The fraction of sp³-hybridized carbons (Fsp3) is 0.300. The van der Waals surface area contributed by atoms with Crippen molar-refractivity contribution in [1.29, 1.82) is 0 Å². The minimum atomic E-state index is -4.92. The van der Waals surface area contributed by atoms with E-state index in [0.29, 0.717) is 15.1 Å². The van der Waals surface area contributed by atoms with E-state index >= 15 is 0 Å². The molecule has 2 aliphatic rings. The van der Waals surface area contributed by atoms with Gasteiger partial charge in [0.25, 0.3) is 15.6 Å². The van der Waals surface area contributed by atoms with Crippen LogP contribution < -0.4 is 15.2 Å². The third-order valence-electron chi connectivity index (χ3n) is 8.24. The van der Waals surface area contributed by atoms with Gasteiger partial charge in [-0.3, -0.25) is 9.59 Å². The Morgan fingerprint density at radius 3 is 2.39 bits per heavy atom. The number of likely N-dealkylation sites (N-methyl/N-ethyl adjacent to an activating group) is 1. The van der Waals surface area contributed by atoms with Gasteiger partial charge in [0.05, 0.1) is 22.6 Å². The van der Waals surface area contributed by atoms with Gasteiger partial charge in [0.15, 0.2) is 0 Å². The first-order valence-electron chi connectivity index (χ1n) is 13.5. The number of nitrogens with zero attached hydrogens (tertiary/aromatic N) is 3. The first kappa shape index (κ1) is 29.5. The SMILES string of the molecule is CCOC(=O)c1cc2c([C@@H]3C[C@@]34C(=O)N(C)c3cc(OC(F)(F)F)ccc34)cn(C)c(=O)c2n1S(=O)(=O)c1ccc(C)cc1. The molecule has 0 radical (unpaired) electrons. The molecule has 2 atom stereocenters. The second kappa shape index (κ2) is 9.71. The van der Waals surface area contributed by atoms with E-state index in [1.165, 1.54) is 54.0 Å². The first-order chi connectivity index (χ1) is 20.6. The number of fused-ring (bicyclic) bond motifs is 3. The molecule has 0 saturated heterocycles. The number of benzene rings is 2. The number of esters is 1. The molecule has 2 aromatic carbocycles. The fourth-order valence-electron chi connectivity index (χ4n) is 6.17. The molecule has 10 nitrogen and oxygen atoms in total. The Labute approximate surface area is 249 Å². The summed E-state index contributed by atoms with van der Waals surface area (Å²) in [6, 6.07) is 10.9. The molecule has 2 aromatic heterocycles. The van der Waals surface area contributed by atoms with Gasteiger partial charge in [-0.05, 0) is 55.7 Å². The summed E-state index contributed by atoms with van der Waals surface area (Å²) in [5, 5.41) is 0.148. The number of carbonyl (C=O) groups excluding carboxylic acids is 2. The lowest BCUT2D eigenvalue weighted by atomic mass is 9.91. The maximum absolute atomic E-state index is 14.0. The minimum Gasteiger partial charge on any atom is -0.461 e. The summed E-state index contributed by atoms with van der Waals surface area (Å²) in [7, 11) is -1.61. The molecule has 1 amide bonds. The van der Waals surface area contributed by atoms with Crippen LogP contribution in [0, 0.1) is 6.92 Å². The van der Waals surface area contributed by atoms with Crippen LogP contribution in [0.1, 0.15) is 46.4 Å². The lowest BCUT2D eigenvalue weighted by Crippen LogP contribution is -2.29. The van der Waals surface area contributed by atoms with E-state index in [0.717, 1.165) is 17.7 Å². The summed E-state index contributed by atoms with van der Waals surface area (Å²) in [4.78, 5) is 41.5. The minimum absolute atomic E-state index is 0.0563. The van der Waals surface area contributed by atoms with E-state index in [4.69, 9.17) is 4.74 Å². The molecule has 0 unspecified atom stereocenters. The van der Waals surface area contributed by atoms with Crippen molar-refractivity contribution in [2.75, 3.05) is 18.6 Å². The van der Waals surface area contributed by atoms with Crippen LogP contribution in [0.15, 0.2) is 64.4 Å². The maximum Gasteiger partial charge on any atom is 0.573 e. The molecule has 1 fully saturated rings. The number of halogens is 3. The highest BCUT2D eigenvalue weighted by Crippen LogP contribution is 2.67. The lowest BCUT2D eigenvalue weighted by Gasteiger charge is -2.14. The van der Waals surface area contributed by atoms with Gasteiger partial charge in [0.1, 0.15) is 17.0 Å². The highest BCUT2D eigenvalue weighted by atomic mass is 32.2. The number of hydrogen-bond donors (Lipinski definition) is 0. The van der Waals surface area contributed by atoms with Crippen molar-refractivity contribution in [2.24, 2.45) is 7.05 Å². The molecule has 1 aliphatic heterocycles. The zero-order chi connectivity index (χ0) is 31.9. The van der Waals surface area contributed by atoms with Gasteiger partial charge < -0.3 is 18.9 Å². The molecule has 6 rings (SSSR count). The predicted octanol–water partition coefficient (Wildman–Crippen LogP) is 4.36. The number of amides is 1. The number of alkyl halides is 3. The summed E-state index contributed by atoms with van der Waals surface area (Å²) < 4.78 is 77.7. The maximum atomic E-state index is 14.0. The van der Waals surface area contributed by atoms with Crippen molar-refractivity contribution in [2.45, 2.75) is 42.9 Å². The highest BCUT2D eigenvalue weighted by Gasteiger charge is 2.67. The van der Waals surface area contributed by atoms with Crippen molar-refractivity contribution in [1.82, 2.24) is 8.54 Å². The summed E-state index contributed by atoms with van der Waals surface area (Å²) in [6.45, 7) is 3.28. The van der Waals surface area contributed by atoms with Gasteiger partial charge in [0.2, 0.25) is 5.91 Å². The van der Waals surface area contributed by atoms with Crippen LogP contribution in [-0.4, -0.2) is 48.9 Å². The average Bonchev–Trinajstić information content (AvgIpc) is 3.50. The Bertz CT molecular complexity index is 2050. The van der Waals surface area contributed by atoms with Crippen molar-refractivity contribution in [3.8, 4) is 5.75 Å². The molecule has 4 aromatic rings. The van der Waals surface area contributed by atoms with E-state index in [2.05, 4.69) is 4.74 Å². The largest absolute Gasteiger partial charge is 0.573 e. The van der Waals surface area contributed by atoms with Crippen molar-refractivity contribution in [3.05, 3.63) is 87.5 Å². The Hall–Kier alpha value is -4.59. The molecular weight excluding hydrogens is 603 g/mol. The van der Waals surface area contributed by atoms with Gasteiger partial charge in [-0.15, -0.1) is 13.2 Å². The molecule has 1 saturated carbocycles. The third kappa shape index (κ3) is 4.30. The van der Waals surface area contributed by atoms with E-state index in [1.807, 2.05) is 0 Å². The van der Waals surface area contributed by atoms with Gasteiger partial charge in [-0.25, -0.2) is 17.2 Å². The van der Waals surface area contributed by atoms with Gasteiger partial charge in [-0.1, -0.05) is 23.8 Å². The van der Waals surface area contributed by atoms with Crippen LogP contribution in [0.25, 0.3) is 10.9 Å². The molecule has 44 heavy (non-hydrogen) atoms. The van der Waals surface area contributed by atoms with Gasteiger partial charge in [-0.2, -0.15) is 0 Å². The molecule has 0 bridgehead atoms. The van der Waals surface area contributed by atoms with Gasteiger partial charge >= 0.3 is 12.3 Å². The Morgan fingerprint density at radius 1 is 1.07 bits per heavy atom. The van der Waals surface area contributed by atoms with Crippen LogP contribution >= 0.6 is 0 Å². The number of rotatable bonds is 6. The Balaban J connectivity index is 1.56. The Morgan fingerprint density at radius 2 is 1.75 bits per heavy atom. The van der Waals surface area contributed by atoms with E-state index in [-0.39, 0.29) is 46.1 Å². The van der Waals surface area contributed by atoms with Gasteiger partial charge in [0, 0.05) is 37.7 Å². The molecule has 0 N–H and O–H groups in total. The number of anilines is 1. The zero-order valence-corrected chi connectivity index (χ0v) is 24.7. The predicted molar refractivity (Wildman–Crippen MR) is 152 cm³/mol. The number of pyridine rings is 1. The summed E-state index contributed by atoms with van der Waals surface area (Å²) >= 11 is 0. The molecule has 230 valence electrons. The third-order valence-corrected chi connectivity index (χ3v) is 9.96. The highest BCUT2D eigenvalue weighted by molar-refractivity contribution is 7.90. The van der Waals surface area contributed by atoms with Crippen LogP contribution in [-0.2, 0) is 32.0 Å². The quantitative estimate of drug-likeness (QED) is 0.291. The molecule has 3 heterocycles. The first-order valence-corrected chi connectivity index (χ1v) is 15.0. The van der Waals surface area contributed by atoms with Crippen molar-refractivity contribution < 1.29 is 40.7 Å². The number of carbonyl (C=O) groups is 2. The lowest BCUT2D eigenvalue weighted by molar-refractivity contribution is -0.274. The zero-order valence-electron chi connectivity index (χ0n) is 23.9. The number of hydrogen-bond acceptors (Lipinski definition) is 7. The summed E-state index contributed by atoms with van der Waals surface area (Å²) in [5.74, 6) is -2.40. The van der Waals surface area contributed by atoms with Crippen molar-refractivity contribution >= 4 is 38.5 Å². The fourth-order valence-corrected chi connectivity index (χ4v) is 7.66. The van der Waals surface area contributed by atoms with Crippen LogP contribution in [0.5, 0.6) is 5.75 Å². The number of aryl methyl sites for hydroxylation is 2. The second-order valence-electron chi connectivity index (χ2n) is 10.9. The van der Waals surface area contributed by atoms with Crippen LogP contribution in [0.2, 0.25) is 0 Å². The second-order valence-corrected chi connectivity index (χ2v) is 12.7. The van der Waals surface area contributed by atoms with Crippen LogP contribution in [0.4, 0.5) is 18.9 Å². The molecule has 1 aliphatic carbocycles. The Kier molecular flexibility index (Phi) is 6.50. The monoisotopic (exact) mass is 629 g/mol. The normalized spacial score (nSPS) is 19.5. The standard InChI is InChI=1S/C30H26F3N3O7S/c1-5-42-27(38)24-13-19-20(15-34(3)26(37)25(19)36(24)44(40,41)18-9-6-16(2)7-10-18)22-14-29(22)21-11-8-17(43-30(31,32)33)12-23(21)35(4)28(29)39/h6-13,15,22H,5,14H2,1-4H3/t22-,29-/m0/s1. The van der Waals surface area contributed by atoms with Crippen LogP contribution in [0.3, 0.4) is 0 Å².